The van der Waals surface area contributed by atoms with Gasteiger partial charge in [-0.3, -0.25) is 4.90 Å². The molecular weight excluding hydrogens is 674 g/mol. The highest BCUT2D eigenvalue weighted by Crippen LogP contribution is 2.34. The second kappa shape index (κ2) is 16.4. The number of hydrogen-bond acceptors (Lipinski definition) is 9. The maximum atomic E-state index is 12.5. The third-order valence-corrected chi connectivity index (χ3v) is 11.1. The number of carbonyl (C=O) groups is 1. The molecular formula is C41H54ClN7O3. The number of hydrogen-bond donors (Lipinski definition) is 0. The minimum Gasteiger partial charge on any atom is -0.487 e. The van der Waals surface area contributed by atoms with Crippen LogP contribution in [0.5, 0.6) is 5.75 Å². The molecule has 0 atom stereocenters. The summed E-state index contributed by atoms with van der Waals surface area (Å²) in [5.74, 6) is 2.27. The highest BCUT2D eigenvalue weighted by Gasteiger charge is 2.32. The zero-order valence-electron chi connectivity index (χ0n) is 31.5. The van der Waals surface area contributed by atoms with Crippen LogP contribution >= 0.6 is 11.6 Å². The van der Waals surface area contributed by atoms with Gasteiger partial charge in [0, 0.05) is 68.5 Å². The molecule has 11 heteroatoms. The van der Waals surface area contributed by atoms with E-state index in [1.54, 1.807) is 6.07 Å². The highest BCUT2D eigenvalue weighted by atomic mass is 35.5. The van der Waals surface area contributed by atoms with E-state index in [4.69, 9.17) is 26.1 Å². The van der Waals surface area contributed by atoms with Crippen molar-refractivity contribution in [1.29, 1.82) is 5.26 Å². The molecule has 1 aromatic heterocycles. The van der Waals surface area contributed by atoms with Gasteiger partial charge in [-0.1, -0.05) is 37.6 Å². The van der Waals surface area contributed by atoms with Crippen molar-refractivity contribution in [2.75, 3.05) is 63.8 Å². The van der Waals surface area contributed by atoms with Crippen LogP contribution in [0.1, 0.15) is 82.7 Å². The van der Waals surface area contributed by atoms with Gasteiger partial charge in [-0.05, 0) is 113 Å². The number of rotatable bonds is 9. The van der Waals surface area contributed by atoms with Crippen molar-refractivity contribution >= 4 is 23.6 Å². The summed E-state index contributed by atoms with van der Waals surface area (Å²) in [5, 5.41) is 9.95. The summed E-state index contributed by atoms with van der Waals surface area (Å²) < 4.78 is 11.7. The highest BCUT2D eigenvalue weighted by molar-refractivity contribution is 6.30. The van der Waals surface area contributed by atoms with E-state index in [-0.39, 0.29) is 11.5 Å². The predicted molar refractivity (Wildman–Crippen MR) is 205 cm³/mol. The molecule has 10 nitrogen and oxygen atoms in total. The van der Waals surface area contributed by atoms with Crippen LogP contribution < -0.4 is 9.64 Å². The van der Waals surface area contributed by atoms with Gasteiger partial charge in [-0.2, -0.15) is 5.26 Å². The van der Waals surface area contributed by atoms with E-state index in [0.29, 0.717) is 23.2 Å². The van der Waals surface area contributed by atoms with E-state index in [9.17, 15) is 10.1 Å². The zero-order valence-corrected chi connectivity index (χ0v) is 32.2. The molecule has 3 aromatic rings. The van der Waals surface area contributed by atoms with E-state index in [2.05, 4.69) is 51.7 Å². The molecule has 3 aliphatic rings. The Morgan fingerprint density at radius 1 is 0.885 bits per heavy atom. The lowest BCUT2D eigenvalue weighted by molar-refractivity contribution is 0.0112. The summed E-state index contributed by atoms with van der Waals surface area (Å²) in [4.78, 5) is 31.4. The Bertz CT molecular complexity index is 1700. The van der Waals surface area contributed by atoms with Gasteiger partial charge < -0.3 is 24.2 Å². The topological polar surface area (TPSA) is 98.1 Å². The summed E-state index contributed by atoms with van der Waals surface area (Å²) >= 11 is 6.30. The molecule has 0 unspecified atom stereocenters. The predicted octanol–water partition coefficient (Wildman–Crippen LogP) is 7.14. The molecule has 6 rings (SSSR count). The number of likely N-dealkylation sites (tertiary alicyclic amines) is 2. The SMILES string of the molecule is CC(C)(C)OC(=O)N1CCC(N2CCC(CN3CCN(c4nccc(COc5ccc(C(C)(C)c6cc(Cl)cc(C#N)c6)cc5)n4)CC3)CC2)CC1. The molecule has 2 aromatic carbocycles. The van der Waals surface area contributed by atoms with Crippen molar-refractivity contribution in [3.63, 3.8) is 0 Å². The number of piperazine rings is 1. The van der Waals surface area contributed by atoms with Crippen molar-refractivity contribution in [2.45, 2.75) is 84.0 Å². The third-order valence-electron chi connectivity index (χ3n) is 10.9. The first kappa shape index (κ1) is 37.8. The summed E-state index contributed by atoms with van der Waals surface area (Å²) in [6.45, 7) is 19.3. The average molecular weight is 728 g/mol. The maximum Gasteiger partial charge on any atom is 0.410 e. The van der Waals surface area contributed by atoms with Crippen molar-refractivity contribution < 1.29 is 14.3 Å². The molecule has 0 spiro atoms. The number of benzene rings is 2. The minimum absolute atomic E-state index is 0.176. The van der Waals surface area contributed by atoms with Crippen LogP contribution in [0, 0.1) is 17.2 Å². The van der Waals surface area contributed by atoms with Crippen molar-refractivity contribution in [3.05, 3.63) is 82.1 Å². The fraction of sp³-hybridized carbons (Fsp3) is 0.561. The molecule has 3 saturated heterocycles. The van der Waals surface area contributed by atoms with Crippen LogP contribution in [0.2, 0.25) is 5.02 Å². The standard InChI is InChI=1S/C41H54ClN7O3/c1-40(2,3)52-39(50)49-18-13-36(14-19-49)47-16-11-30(12-17-47)28-46-20-22-48(23-21-46)38-44-15-10-35(45-38)29-51-37-8-6-32(7-9-37)41(4,5)33-24-31(27-43)25-34(42)26-33/h6-10,15,24-26,30,36H,11-14,16-23,28-29H2,1-5H3. The number of ether oxygens (including phenoxy) is 2. The Labute approximate surface area is 314 Å². The quantitative estimate of drug-likeness (QED) is 0.228. The van der Waals surface area contributed by atoms with Gasteiger partial charge >= 0.3 is 6.09 Å². The maximum absolute atomic E-state index is 12.5. The van der Waals surface area contributed by atoms with E-state index >= 15 is 0 Å². The van der Waals surface area contributed by atoms with Gasteiger partial charge in [0.05, 0.1) is 17.3 Å². The molecule has 52 heavy (non-hydrogen) atoms. The number of nitrogens with zero attached hydrogens (tertiary/aromatic N) is 7. The fourth-order valence-corrected chi connectivity index (χ4v) is 7.90. The normalized spacial score (nSPS) is 18.6. The Hall–Kier alpha value is -3.91. The van der Waals surface area contributed by atoms with Crippen molar-refractivity contribution in [3.8, 4) is 11.8 Å². The molecule has 1 amide bonds. The van der Waals surface area contributed by atoms with Crippen LogP contribution in [0.15, 0.2) is 54.7 Å². The average Bonchev–Trinajstić information content (AvgIpc) is 3.14. The van der Waals surface area contributed by atoms with Crippen LogP contribution in [-0.2, 0) is 16.8 Å². The Morgan fingerprint density at radius 2 is 1.58 bits per heavy atom. The lowest BCUT2D eigenvalue weighted by Crippen LogP contribution is -2.51. The first-order chi connectivity index (χ1) is 24.9. The first-order valence-electron chi connectivity index (χ1n) is 18.8. The Balaban J connectivity index is 0.918. The number of carbonyl (C=O) groups excluding carboxylic acids is 1. The summed E-state index contributed by atoms with van der Waals surface area (Å²) in [5.41, 5.74) is 2.73. The Kier molecular flexibility index (Phi) is 11.9. The zero-order chi connectivity index (χ0) is 36.9. The number of amides is 1. The smallest absolute Gasteiger partial charge is 0.410 e. The molecule has 0 radical (unpaired) electrons. The van der Waals surface area contributed by atoms with Crippen LogP contribution in [0.25, 0.3) is 0 Å². The molecule has 0 aliphatic carbocycles. The van der Waals surface area contributed by atoms with E-state index in [1.807, 2.05) is 62.2 Å². The second-order valence-corrected chi connectivity index (χ2v) is 16.5. The van der Waals surface area contributed by atoms with Gasteiger partial charge in [-0.15, -0.1) is 0 Å². The van der Waals surface area contributed by atoms with Gasteiger partial charge in [0.1, 0.15) is 18.0 Å². The molecule has 0 N–H and O–H groups in total. The van der Waals surface area contributed by atoms with Crippen molar-refractivity contribution in [2.24, 2.45) is 5.92 Å². The Morgan fingerprint density at radius 3 is 2.23 bits per heavy atom. The van der Waals surface area contributed by atoms with Gasteiger partial charge in [0.2, 0.25) is 5.95 Å². The largest absolute Gasteiger partial charge is 0.487 e. The fourth-order valence-electron chi connectivity index (χ4n) is 7.66. The van der Waals surface area contributed by atoms with Crippen LogP contribution in [0.4, 0.5) is 10.7 Å². The number of piperidine rings is 2. The number of anilines is 1. The lowest BCUT2D eigenvalue weighted by atomic mass is 9.78. The molecule has 0 saturated carbocycles. The van der Waals surface area contributed by atoms with Gasteiger partial charge in [0.15, 0.2) is 0 Å². The van der Waals surface area contributed by atoms with Crippen LogP contribution in [-0.4, -0.2) is 101 Å². The second-order valence-electron chi connectivity index (χ2n) is 16.1. The molecule has 3 aliphatic heterocycles. The van der Waals surface area contributed by atoms with E-state index < -0.39 is 5.60 Å². The minimum atomic E-state index is -0.447. The molecule has 278 valence electrons. The molecule has 4 heterocycles. The summed E-state index contributed by atoms with van der Waals surface area (Å²) in [7, 11) is 0. The number of nitriles is 1. The molecule has 0 bridgehead atoms. The van der Waals surface area contributed by atoms with Gasteiger partial charge in [0.25, 0.3) is 0 Å². The number of aromatic nitrogens is 2. The summed E-state index contributed by atoms with van der Waals surface area (Å²) in [6, 6.07) is 18.3. The van der Waals surface area contributed by atoms with E-state index in [0.717, 1.165) is 106 Å². The monoisotopic (exact) mass is 727 g/mol. The summed E-state index contributed by atoms with van der Waals surface area (Å²) in [6.07, 6.45) is 6.20. The molecule has 3 fully saturated rings. The van der Waals surface area contributed by atoms with E-state index in [1.165, 1.54) is 12.8 Å². The van der Waals surface area contributed by atoms with Gasteiger partial charge in [-0.25, -0.2) is 14.8 Å². The number of halogens is 1. The lowest BCUT2D eigenvalue weighted by Gasteiger charge is -2.43. The third kappa shape index (κ3) is 9.74. The van der Waals surface area contributed by atoms with Crippen molar-refractivity contribution in [1.82, 2.24) is 24.7 Å². The first-order valence-corrected chi connectivity index (χ1v) is 19.2. The van der Waals surface area contributed by atoms with Crippen LogP contribution in [0.3, 0.4) is 0 Å².